The van der Waals surface area contributed by atoms with E-state index in [1.165, 1.54) is 6.08 Å². The first-order valence-electron chi connectivity index (χ1n) is 9.72. The second kappa shape index (κ2) is 8.29. The summed E-state index contributed by atoms with van der Waals surface area (Å²) in [5.74, 6) is -0.660. The van der Waals surface area contributed by atoms with Gasteiger partial charge in [0.25, 0.3) is 5.91 Å². The quantitative estimate of drug-likeness (QED) is 0.493. The smallest absolute Gasteiger partial charge is 0.255 e. The van der Waals surface area contributed by atoms with Gasteiger partial charge in [-0.2, -0.15) is 0 Å². The highest BCUT2D eigenvalue weighted by atomic mass is 19.1. The van der Waals surface area contributed by atoms with Crippen molar-refractivity contribution < 1.29 is 9.18 Å². The molecule has 5 nitrogen and oxygen atoms in total. The summed E-state index contributed by atoms with van der Waals surface area (Å²) in [7, 11) is 0. The lowest BCUT2D eigenvalue weighted by molar-refractivity contribution is 0.102. The van der Waals surface area contributed by atoms with Crippen LogP contribution in [0.4, 0.5) is 10.1 Å². The third-order valence-corrected chi connectivity index (χ3v) is 4.92. The van der Waals surface area contributed by atoms with Crippen molar-refractivity contribution in [3.63, 3.8) is 0 Å². The molecule has 30 heavy (non-hydrogen) atoms. The van der Waals surface area contributed by atoms with Gasteiger partial charge < -0.3 is 9.72 Å². The number of halogens is 1. The number of aryl methyl sites for hydroxylation is 2. The van der Waals surface area contributed by atoms with Crippen molar-refractivity contribution in [2.75, 3.05) is 5.32 Å². The monoisotopic (exact) mass is 400 g/mol. The molecule has 6 heteroatoms. The molecule has 0 spiro atoms. The van der Waals surface area contributed by atoms with Crippen LogP contribution in [0.1, 0.15) is 39.9 Å². The van der Waals surface area contributed by atoms with E-state index in [-0.39, 0.29) is 11.6 Å². The van der Waals surface area contributed by atoms with E-state index in [2.05, 4.69) is 22.2 Å². The number of rotatable bonds is 5. The number of amides is 1. The lowest BCUT2D eigenvalue weighted by Crippen LogP contribution is -2.12. The molecule has 0 aliphatic rings. The highest BCUT2D eigenvalue weighted by molar-refractivity contribution is 6.04. The van der Waals surface area contributed by atoms with E-state index in [0.29, 0.717) is 16.8 Å². The van der Waals surface area contributed by atoms with Gasteiger partial charge in [-0.3, -0.25) is 9.78 Å². The maximum absolute atomic E-state index is 14.3. The number of hydrogen-bond acceptors (Lipinski definition) is 3. The molecule has 0 saturated heterocycles. The molecule has 0 fully saturated rings. The summed E-state index contributed by atoms with van der Waals surface area (Å²) in [5, 5.41) is 2.90. The van der Waals surface area contributed by atoms with Crippen molar-refractivity contribution in [2.45, 2.75) is 20.3 Å². The number of imidazole rings is 1. The Balaban J connectivity index is 1.50. The van der Waals surface area contributed by atoms with Crippen LogP contribution in [0.5, 0.6) is 0 Å². The Labute approximate surface area is 173 Å². The number of nitrogens with zero attached hydrogens (tertiary/aromatic N) is 3. The van der Waals surface area contributed by atoms with Gasteiger partial charge in [0.05, 0.1) is 17.1 Å². The topological polar surface area (TPSA) is 59.3 Å². The zero-order chi connectivity index (χ0) is 21.1. The van der Waals surface area contributed by atoms with Gasteiger partial charge in [0, 0.05) is 23.7 Å². The third-order valence-electron chi connectivity index (χ3n) is 4.92. The summed E-state index contributed by atoms with van der Waals surface area (Å²) >= 11 is 0. The van der Waals surface area contributed by atoms with Crippen molar-refractivity contribution in [1.82, 2.24) is 14.4 Å². The summed E-state index contributed by atoms with van der Waals surface area (Å²) in [6.45, 7) is 4.08. The van der Waals surface area contributed by atoms with Crippen LogP contribution < -0.4 is 5.32 Å². The van der Waals surface area contributed by atoms with Gasteiger partial charge in [-0.1, -0.05) is 25.1 Å². The molecule has 4 rings (SSSR count). The molecular weight excluding hydrogens is 379 g/mol. The molecule has 0 unspecified atom stereocenters. The molecule has 4 aromatic rings. The number of aromatic nitrogens is 3. The number of benzene rings is 1. The highest BCUT2D eigenvalue weighted by Gasteiger charge is 2.10. The predicted octanol–water partition coefficient (Wildman–Crippen LogP) is 5.32. The van der Waals surface area contributed by atoms with Gasteiger partial charge >= 0.3 is 0 Å². The van der Waals surface area contributed by atoms with Gasteiger partial charge in [-0.25, -0.2) is 9.37 Å². The van der Waals surface area contributed by atoms with Crippen LogP contribution in [0.3, 0.4) is 0 Å². The Morgan fingerprint density at radius 1 is 1.13 bits per heavy atom. The third kappa shape index (κ3) is 3.98. The van der Waals surface area contributed by atoms with Crippen LogP contribution in [0.2, 0.25) is 0 Å². The molecule has 0 aliphatic carbocycles. The second-order valence-corrected chi connectivity index (χ2v) is 6.93. The fourth-order valence-electron chi connectivity index (χ4n) is 3.28. The average Bonchev–Trinajstić information content (AvgIpc) is 3.10. The van der Waals surface area contributed by atoms with Crippen LogP contribution in [-0.2, 0) is 6.42 Å². The molecule has 3 heterocycles. The lowest BCUT2D eigenvalue weighted by atomic mass is 10.1. The first kappa shape index (κ1) is 19.5. The summed E-state index contributed by atoms with van der Waals surface area (Å²) < 4.78 is 16.2. The van der Waals surface area contributed by atoms with Crippen LogP contribution in [-0.4, -0.2) is 20.3 Å². The van der Waals surface area contributed by atoms with Crippen LogP contribution in [0.25, 0.3) is 17.6 Å². The lowest BCUT2D eigenvalue weighted by Gasteiger charge is -2.07. The van der Waals surface area contributed by atoms with Crippen LogP contribution in [0, 0.1) is 6.92 Å². The Morgan fingerprint density at radius 3 is 2.63 bits per heavy atom. The Kier molecular flexibility index (Phi) is 5.39. The fraction of sp³-hybridized carbons (Fsp3) is 0.125. The largest absolute Gasteiger partial charge is 0.321 e. The minimum Gasteiger partial charge on any atom is -0.321 e. The molecule has 1 aromatic carbocycles. The van der Waals surface area contributed by atoms with E-state index in [9.17, 15) is 9.18 Å². The second-order valence-electron chi connectivity index (χ2n) is 6.93. The van der Waals surface area contributed by atoms with E-state index in [4.69, 9.17) is 0 Å². The Hall–Kier alpha value is -3.80. The van der Waals surface area contributed by atoms with Crippen molar-refractivity contribution in [2.24, 2.45) is 0 Å². The predicted molar refractivity (Wildman–Crippen MR) is 117 cm³/mol. The SMILES string of the molecule is CCc1nc2ccc(NC(=O)c3ccc(C=C(F)c4ccccn4)cc3)cn2c1C. The minimum absolute atomic E-state index is 0.233. The number of fused-ring (bicyclic) bond motifs is 1. The molecule has 0 radical (unpaired) electrons. The first-order chi connectivity index (χ1) is 14.5. The molecule has 0 aliphatic heterocycles. The molecule has 3 aromatic heterocycles. The van der Waals surface area contributed by atoms with Crippen molar-refractivity contribution in [3.8, 4) is 0 Å². The van der Waals surface area contributed by atoms with Crippen molar-refractivity contribution in [1.29, 1.82) is 0 Å². The normalized spacial score (nSPS) is 11.6. The zero-order valence-electron chi connectivity index (χ0n) is 16.8. The van der Waals surface area contributed by atoms with Crippen LogP contribution >= 0.6 is 0 Å². The standard InChI is InChI=1S/C24H21FN4O/c1-3-21-16(2)29-15-19(11-12-23(29)28-21)27-24(30)18-9-7-17(8-10-18)14-20(25)22-6-4-5-13-26-22/h4-15H,3H2,1-2H3,(H,27,30). The maximum Gasteiger partial charge on any atom is 0.255 e. The van der Waals surface area contributed by atoms with E-state index in [1.54, 1.807) is 48.7 Å². The number of carbonyl (C=O) groups is 1. The average molecular weight is 400 g/mol. The molecule has 1 N–H and O–H groups in total. The number of carbonyl (C=O) groups excluding carboxylic acids is 1. The molecule has 150 valence electrons. The first-order valence-corrected chi connectivity index (χ1v) is 9.72. The molecule has 1 amide bonds. The Bertz CT molecular complexity index is 1230. The van der Waals surface area contributed by atoms with E-state index < -0.39 is 5.83 Å². The van der Waals surface area contributed by atoms with Crippen molar-refractivity contribution >= 4 is 29.1 Å². The van der Waals surface area contributed by atoms with Gasteiger partial charge in [-0.05, 0) is 61.4 Å². The van der Waals surface area contributed by atoms with Gasteiger partial charge in [0.1, 0.15) is 11.5 Å². The van der Waals surface area contributed by atoms with E-state index >= 15 is 0 Å². The zero-order valence-corrected chi connectivity index (χ0v) is 16.8. The minimum atomic E-state index is -0.428. The number of nitrogens with one attached hydrogen (secondary N) is 1. The summed E-state index contributed by atoms with van der Waals surface area (Å²) in [6, 6.07) is 15.5. The van der Waals surface area contributed by atoms with E-state index in [1.807, 2.05) is 29.7 Å². The highest BCUT2D eigenvalue weighted by Crippen LogP contribution is 2.19. The summed E-state index contributed by atoms with van der Waals surface area (Å²) in [5.41, 5.74) is 5.05. The summed E-state index contributed by atoms with van der Waals surface area (Å²) in [4.78, 5) is 21.2. The number of anilines is 1. The fourth-order valence-corrected chi connectivity index (χ4v) is 3.28. The van der Waals surface area contributed by atoms with Gasteiger partial charge in [0.2, 0.25) is 0 Å². The molecule has 0 bridgehead atoms. The number of pyridine rings is 2. The van der Waals surface area contributed by atoms with Crippen LogP contribution in [0.15, 0.2) is 67.0 Å². The maximum atomic E-state index is 14.3. The molecular formula is C24H21FN4O. The summed E-state index contributed by atoms with van der Waals surface area (Å²) in [6.07, 6.45) is 5.66. The molecule has 0 saturated carbocycles. The number of hydrogen-bond donors (Lipinski definition) is 1. The van der Waals surface area contributed by atoms with E-state index in [0.717, 1.165) is 23.5 Å². The van der Waals surface area contributed by atoms with Crippen molar-refractivity contribution in [3.05, 3.63) is 95.2 Å². The molecule has 0 atom stereocenters. The van der Waals surface area contributed by atoms with Gasteiger partial charge in [-0.15, -0.1) is 0 Å². The Morgan fingerprint density at radius 2 is 1.93 bits per heavy atom. The van der Waals surface area contributed by atoms with Gasteiger partial charge in [0.15, 0.2) is 0 Å².